The third kappa shape index (κ3) is 3.21. The summed E-state index contributed by atoms with van der Waals surface area (Å²) in [7, 11) is 0. The molecular weight excluding hydrogens is 233 g/mol. The van der Waals surface area contributed by atoms with Crippen LogP contribution in [0.5, 0.6) is 5.75 Å². The summed E-state index contributed by atoms with van der Waals surface area (Å²) in [5.41, 5.74) is 6.19. The minimum Gasteiger partial charge on any atom is -0.491 e. The van der Waals surface area contributed by atoms with Gasteiger partial charge in [-0.15, -0.1) is 0 Å². The molecule has 0 aliphatic carbocycles. The van der Waals surface area contributed by atoms with Gasteiger partial charge in [0, 0.05) is 12.1 Å². The Kier molecular flexibility index (Phi) is 3.88. The first-order valence-electron chi connectivity index (χ1n) is 6.29. The van der Waals surface area contributed by atoms with Crippen LogP contribution in [0.2, 0.25) is 0 Å². The van der Waals surface area contributed by atoms with Gasteiger partial charge in [0.2, 0.25) is 0 Å². The number of halogens is 1. The van der Waals surface area contributed by atoms with Crippen molar-refractivity contribution in [1.29, 1.82) is 0 Å². The molecule has 0 saturated carbocycles. The Morgan fingerprint density at radius 2 is 2.28 bits per heavy atom. The van der Waals surface area contributed by atoms with Crippen molar-refractivity contribution in [3.05, 3.63) is 29.6 Å². The highest BCUT2D eigenvalue weighted by Crippen LogP contribution is 2.30. The fraction of sp³-hybridized carbons (Fsp3) is 0.571. The minimum absolute atomic E-state index is 0.0620. The molecule has 4 heteroatoms. The first kappa shape index (κ1) is 13.3. The molecule has 1 heterocycles. The highest BCUT2D eigenvalue weighted by molar-refractivity contribution is 5.33. The number of ether oxygens (including phenoxy) is 2. The van der Waals surface area contributed by atoms with Crippen LogP contribution in [-0.4, -0.2) is 18.3 Å². The molecule has 1 aromatic rings. The zero-order chi connectivity index (χ0) is 13.2. The van der Waals surface area contributed by atoms with Gasteiger partial charge in [-0.05, 0) is 44.9 Å². The maximum absolute atomic E-state index is 13.0. The predicted octanol–water partition coefficient (Wildman–Crippen LogP) is 2.62. The van der Waals surface area contributed by atoms with E-state index in [9.17, 15) is 4.39 Å². The quantitative estimate of drug-likeness (QED) is 0.897. The predicted molar refractivity (Wildman–Crippen MR) is 68.0 cm³/mol. The number of nitrogens with two attached hydrogens (primary N) is 1. The summed E-state index contributed by atoms with van der Waals surface area (Å²) in [6.45, 7) is 4.92. The van der Waals surface area contributed by atoms with E-state index >= 15 is 0 Å². The number of benzene rings is 1. The summed E-state index contributed by atoms with van der Waals surface area (Å²) < 4.78 is 24.6. The monoisotopic (exact) mass is 253 g/mol. The third-order valence-electron chi connectivity index (χ3n) is 3.22. The lowest BCUT2D eigenvalue weighted by Gasteiger charge is -2.20. The average Bonchev–Trinajstić information content (AvgIpc) is 2.67. The van der Waals surface area contributed by atoms with E-state index in [1.807, 2.05) is 0 Å². The lowest BCUT2D eigenvalue weighted by Crippen LogP contribution is -2.24. The van der Waals surface area contributed by atoms with Gasteiger partial charge in [-0.3, -0.25) is 0 Å². The molecule has 1 aliphatic rings. The molecule has 0 spiro atoms. The Morgan fingerprint density at radius 1 is 1.50 bits per heavy atom. The van der Waals surface area contributed by atoms with Crippen molar-refractivity contribution in [3.63, 3.8) is 0 Å². The van der Waals surface area contributed by atoms with Crippen LogP contribution >= 0.6 is 0 Å². The molecule has 3 nitrogen and oxygen atoms in total. The van der Waals surface area contributed by atoms with Gasteiger partial charge in [0.25, 0.3) is 0 Å². The van der Waals surface area contributed by atoms with Gasteiger partial charge in [0.05, 0.1) is 11.7 Å². The van der Waals surface area contributed by atoms with E-state index in [-0.39, 0.29) is 24.1 Å². The summed E-state index contributed by atoms with van der Waals surface area (Å²) in [6, 6.07) is 4.42. The maximum Gasteiger partial charge on any atom is 0.124 e. The Bertz CT molecular complexity index is 420. The van der Waals surface area contributed by atoms with Gasteiger partial charge >= 0.3 is 0 Å². The van der Waals surface area contributed by atoms with E-state index in [0.29, 0.717) is 17.9 Å². The van der Waals surface area contributed by atoms with Gasteiger partial charge in [0.15, 0.2) is 0 Å². The van der Waals surface area contributed by atoms with Crippen molar-refractivity contribution in [2.24, 2.45) is 5.73 Å². The van der Waals surface area contributed by atoms with E-state index in [1.54, 1.807) is 6.07 Å². The molecular formula is C14H20FNO2. The van der Waals surface area contributed by atoms with Crippen molar-refractivity contribution in [2.45, 2.75) is 44.9 Å². The number of rotatable bonds is 4. The molecule has 0 aromatic heterocycles. The van der Waals surface area contributed by atoms with Gasteiger partial charge < -0.3 is 15.2 Å². The molecule has 1 atom stereocenters. The lowest BCUT2D eigenvalue weighted by molar-refractivity contribution is -0.0327. The van der Waals surface area contributed by atoms with E-state index in [4.69, 9.17) is 15.2 Å². The van der Waals surface area contributed by atoms with Crippen molar-refractivity contribution in [3.8, 4) is 5.75 Å². The number of hydrogen-bond acceptors (Lipinski definition) is 3. The fourth-order valence-electron chi connectivity index (χ4n) is 2.23. The molecule has 1 aliphatic heterocycles. The molecule has 0 amide bonds. The average molecular weight is 253 g/mol. The molecule has 1 aromatic carbocycles. The first-order chi connectivity index (χ1) is 8.50. The van der Waals surface area contributed by atoms with Crippen LogP contribution in [0.15, 0.2) is 18.2 Å². The standard InChI is InChI=1S/C14H20FNO2/c1-14(2)6-5-12(18-14)9-17-13-4-3-11(15)7-10(13)8-16/h3-4,7,12H,5-6,8-9,16H2,1-2H3. The van der Waals surface area contributed by atoms with E-state index in [2.05, 4.69) is 13.8 Å². The molecule has 2 rings (SSSR count). The highest BCUT2D eigenvalue weighted by Gasteiger charge is 2.31. The zero-order valence-electron chi connectivity index (χ0n) is 10.9. The van der Waals surface area contributed by atoms with Crippen molar-refractivity contribution in [1.82, 2.24) is 0 Å². The fourth-order valence-corrected chi connectivity index (χ4v) is 2.23. The molecule has 1 fully saturated rings. The van der Waals surface area contributed by atoms with Crippen LogP contribution in [0.4, 0.5) is 4.39 Å². The maximum atomic E-state index is 13.0. The summed E-state index contributed by atoms with van der Waals surface area (Å²) in [6.07, 6.45) is 2.14. The SMILES string of the molecule is CC1(C)CCC(COc2ccc(F)cc2CN)O1. The third-order valence-corrected chi connectivity index (χ3v) is 3.22. The summed E-state index contributed by atoms with van der Waals surface area (Å²) in [5.74, 6) is 0.355. The molecule has 0 bridgehead atoms. The van der Waals surface area contributed by atoms with Gasteiger partial charge in [-0.1, -0.05) is 0 Å². The van der Waals surface area contributed by atoms with Crippen molar-refractivity contribution in [2.75, 3.05) is 6.61 Å². The van der Waals surface area contributed by atoms with Crippen LogP contribution in [0.1, 0.15) is 32.3 Å². The van der Waals surface area contributed by atoms with Crippen LogP contribution in [0.25, 0.3) is 0 Å². The second kappa shape index (κ2) is 5.24. The largest absolute Gasteiger partial charge is 0.491 e. The van der Waals surface area contributed by atoms with Crippen LogP contribution in [0, 0.1) is 5.82 Å². The summed E-state index contributed by atoms with van der Waals surface area (Å²) in [5, 5.41) is 0. The Labute approximate surface area is 107 Å². The van der Waals surface area contributed by atoms with Crippen molar-refractivity contribution >= 4 is 0 Å². The van der Waals surface area contributed by atoms with Crippen LogP contribution < -0.4 is 10.5 Å². The molecule has 2 N–H and O–H groups in total. The highest BCUT2D eigenvalue weighted by atomic mass is 19.1. The molecule has 1 unspecified atom stereocenters. The van der Waals surface area contributed by atoms with Gasteiger partial charge in [-0.25, -0.2) is 4.39 Å². The molecule has 1 saturated heterocycles. The summed E-state index contributed by atoms with van der Waals surface area (Å²) in [4.78, 5) is 0. The van der Waals surface area contributed by atoms with E-state index < -0.39 is 0 Å². The first-order valence-corrected chi connectivity index (χ1v) is 6.29. The lowest BCUT2D eigenvalue weighted by atomic mass is 10.1. The van der Waals surface area contributed by atoms with E-state index in [0.717, 1.165) is 12.8 Å². The normalized spacial score (nSPS) is 22.1. The zero-order valence-corrected chi connectivity index (χ0v) is 10.9. The number of hydrogen-bond donors (Lipinski definition) is 1. The van der Waals surface area contributed by atoms with Gasteiger partial charge in [0.1, 0.15) is 18.2 Å². The molecule has 0 radical (unpaired) electrons. The van der Waals surface area contributed by atoms with Gasteiger partial charge in [-0.2, -0.15) is 0 Å². The van der Waals surface area contributed by atoms with Crippen LogP contribution in [-0.2, 0) is 11.3 Å². The van der Waals surface area contributed by atoms with Crippen LogP contribution in [0.3, 0.4) is 0 Å². The smallest absolute Gasteiger partial charge is 0.124 e. The Balaban J connectivity index is 1.94. The Morgan fingerprint density at radius 3 is 2.89 bits per heavy atom. The molecule has 18 heavy (non-hydrogen) atoms. The second-order valence-corrected chi connectivity index (χ2v) is 5.31. The second-order valence-electron chi connectivity index (χ2n) is 5.31. The minimum atomic E-state index is -0.291. The van der Waals surface area contributed by atoms with Crippen molar-refractivity contribution < 1.29 is 13.9 Å². The topological polar surface area (TPSA) is 44.5 Å². The molecule has 100 valence electrons. The Hall–Kier alpha value is -1.13. The van der Waals surface area contributed by atoms with E-state index in [1.165, 1.54) is 12.1 Å². The summed E-state index contributed by atoms with van der Waals surface area (Å²) >= 11 is 0.